The quantitative estimate of drug-likeness (QED) is 0.824. The van der Waals surface area contributed by atoms with Crippen LogP contribution < -0.4 is 5.73 Å². The molecular formula is C17H24N2. The molecule has 2 heteroatoms. The minimum Gasteiger partial charge on any atom is -0.320 e. The minimum absolute atomic E-state index is 0.422. The van der Waals surface area contributed by atoms with Crippen LogP contribution in [0.1, 0.15) is 37.8 Å². The van der Waals surface area contributed by atoms with Gasteiger partial charge in [-0.05, 0) is 37.3 Å². The van der Waals surface area contributed by atoms with Crippen molar-refractivity contribution in [1.29, 1.82) is 0 Å². The van der Waals surface area contributed by atoms with Gasteiger partial charge in [0.05, 0.1) is 6.54 Å². The Hall–Kier alpha value is -1.30. The van der Waals surface area contributed by atoms with Crippen molar-refractivity contribution < 1.29 is 0 Å². The Morgan fingerprint density at radius 1 is 1.26 bits per heavy atom. The van der Waals surface area contributed by atoms with Gasteiger partial charge in [-0.25, -0.2) is 0 Å². The first-order chi connectivity index (χ1) is 9.20. The van der Waals surface area contributed by atoms with Gasteiger partial charge in [0, 0.05) is 24.7 Å². The fourth-order valence-corrected chi connectivity index (χ4v) is 2.75. The Morgan fingerprint density at radius 2 is 2.05 bits per heavy atom. The van der Waals surface area contributed by atoms with Crippen molar-refractivity contribution in [2.45, 2.75) is 39.3 Å². The monoisotopic (exact) mass is 256 g/mol. The molecule has 19 heavy (non-hydrogen) atoms. The number of nitrogens with zero attached hydrogens (tertiary/aromatic N) is 1. The number of piperidine rings is 1. The van der Waals surface area contributed by atoms with E-state index in [-0.39, 0.29) is 0 Å². The Kier molecular flexibility index (Phi) is 5.01. The Labute approximate surface area is 117 Å². The molecule has 102 valence electrons. The minimum atomic E-state index is 0.422. The van der Waals surface area contributed by atoms with E-state index in [1.807, 2.05) is 6.07 Å². The van der Waals surface area contributed by atoms with Crippen LogP contribution in [0.2, 0.25) is 0 Å². The van der Waals surface area contributed by atoms with Gasteiger partial charge in [0.25, 0.3) is 0 Å². The van der Waals surface area contributed by atoms with E-state index in [0.29, 0.717) is 12.6 Å². The third-order valence-corrected chi connectivity index (χ3v) is 3.96. The highest BCUT2D eigenvalue weighted by molar-refractivity contribution is 5.41. The lowest BCUT2D eigenvalue weighted by atomic mass is 9.94. The molecule has 1 aromatic rings. The van der Waals surface area contributed by atoms with Crippen LogP contribution in [0.4, 0.5) is 0 Å². The molecule has 0 amide bonds. The van der Waals surface area contributed by atoms with Crippen LogP contribution in [-0.4, -0.2) is 24.0 Å². The average Bonchev–Trinajstić information content (AvgIpc) is 2.42. The highest BCUT2D eigenvalue weighted by Crippen LogP contribution is 2.23. The number of rotatable bonds is 2. The van der Waals surface area contributed by atoms with Gasteiger partial charge in [0.1, 0.15) is 0 Å². The predicted molar refractivity (Wildman–Crippen MR) is 80.6 cm³/mol. The predicted octanol–water partition coefficient (Wildman–Crippen LogP) is 2.62. The average molecular weight is 256 g/mol. The fourth-order valence-electron chi connectivity index (χ4n) is 2.75. The van der Waals surface area contributed by atoms with E-state index in [4.69, 9.17) is 5.73 Å². The summed E-state index contributed by atoms with van der Waals surface area (Å²) in [6.45, 7) is 7.30. The van der Waals surface area contributed by atoms with Crippen LogP contribution in [0.25, 0.3) is 0 Å². The van der Waals surface area contributed by atoms with E-state index in [0.717, 1.165) is 18.0 Å². The van der Waals surface area contributed by atoms with Gasteiger partial charge in [0.2, 0.25) is 0 Å². The van der Waals surface area contributed by atoms with Gasteiger partial charge in [0.15, 0.2) is 0 Å². The van der Waals surface area contributed by atoms with Crippen molar-refractivity contribution in [3.05, 3.63) is 35.4 Å². The first kappa shape index (κ1) is 14.1. The summed E-state index contributed by atoms with van der Waals surface area (Å²) in [6, 6.07) is 9.10. The first-order valence-electron chi connectivity index (χ1n) is 7.21. The molecule has 1 aliphatic rings. The molecule has 1 saturated heterocycles. The van der Waals surface area contributed by atoms with Gasteiger partial charge in [-0.2, -0.15) is 0 Å². The second-order valence-corrected chi connectivity index (χ2v) is 5.62. The van der Waals surface area contributed by atoms with Gasteiger partial charge >= 0.3 is 0 Å². The largest absolute Gasteiger partial charge is 0.320 e. The van der Waals surface area contributed by atoms with E-state index < -0.39 is 0 Å². The zero-order valence-corrected chi connectivity index (χ0v) is 12.0. The molecule has 2 rings (SSSR count). The molecule has 2 atom stereocenters. The molecule has 2 nitrogen and oxygen atoms in total. The van der Waals surface area contributed by atoms with Crippen molar-refractivity contribution in [2.75, 3.05) is 13.1 Å². The normalized spacial score (nSPS) is 23.7. The zero-order valence-electron chi connectivity index (χ0n) is 12.0. The van der Waals surface area contributed by atoms with E-state index in [9.17, 15) is 0 Å². The summed E-state index contributed by atoms with van der Waals surface area (Å²) in [6.07, 6.45) is 2.66. The maximum Gasteiger partial charge on any atom is 0.0555 e. The molecule has 2 unspecified atom stereocenters. The van der Waals surface area contributed by atoms with Crippen LogP contribution in [-0.2, 0) is 6.54 Å². The van der Waals surface area contributed by atoms with Crippen LogP contribution in [0.15, 0.2) is 24.3 Å². The van der Waals surface area contributed by atoms with Crippen LogP contribution in [0.3, 0.4) is 0 Å². The highest BCUT2D eigenvalue weighted by atomic mass is 15.2. The number of nitrogens with two attached hydrogens (primary N) is 1. The Morgan fingerprint density at radius 3 is 2.84 bits per heavy atom. The molecular weight excluding hydrogens is 232 g/mol. The molecule has 0 bridgehead atoms. The second kappa shape index (κ2) is 6.75. The second-order valence-electron chi connectivity index (χ2n) is 5.62. The SMILES string of the molecule is CC1CCC(C)N(Cc2ccccc2C#CCN)C1. The molecule has 1 heterocycles. The zero-order chi connectivity index (χ0) is 13.7. The molecule has 0 aliphatic carbocycles. The summed E-state index contributed by atoms with van der Waals surface area (Å²) in [7, 11) is 0. The van der Waals surface area contributed by atoms with Crippen LogP contribution in [0.5, 0.6) is 0 Å². The molecule has 0 spiro atoms. The topological polar surface area (TPSA) is 29.3 Å². The third kappa shape index (κ3) is 3.83. The van der Waals surface area contributed by atoms with Crippen molar-refractivity contribution >= 4 is 0 Å². The van der Waals surface area contributed by atoms with Crippen LogP contribution in [0, 0.1) is 17.8 Å². The Bertz CT molecular complexity index is 470. The van der Waals surface area contributed by atoms with Crippen molar-refractivity contribution in [3.8, 4) is 11.8 Å². The lowest BCUT2D eigenvalue weighted by Gasteiger charge is -2.37. The number of hydrogen-bond donors (Lipinski definition) is 1. The van der Waals surface area contributed by atoms with Crippen molar-refractivity contribution in [2.24, 2.45) is 11.7 Å². The van der Waals surface area contributed by atoms with E-state index >= 15 is 0 Å². The summed E-state index contributed by atoms with van der Waals surface area (Å²) in [5, 5.41) is 0. The van der Waals surface area contributed by atoms with Crippen molar-refractivity contribution in [1.82, 2.24) is 4.90 Å². The molecule has 0 aromatic heterocycles. The molecule has 1 aromatic carbocycles. The third-order valence-electron chi connectivity index (χ3n) is 3.96. The van der Waals surface area contributed by atoms with Gasteiger partial charge in [-0.1, -0.05) is 37.0 Å². The summed E-state index contributed by atoms with van der Waals surface area (Å²) in [5.74, 6) is 6.95. The summed E-state index contributed by atoms with van der Waals surface area (Å²) < 4.78 is 0. The molecule has 1 aliphatic heterocycles. The molecule has 0 radical (unpaired) electrons. The fraction of sp³-hybridized carbons (Fsp3) is 0.529. The summed E-state index contributed by atoms with van der Waals surface area (Å²) >= 11 is 0. The van der Waals surface area contributed by atoms with E-state index in [1.54, 1.807) is 0 Å². The van der Waals surface area contributed by atoms with Gasteiger partial charge in [-0.15, -0.1) is 0 Å². The molecule has 1 fully saturated rings. The molecule has 0 saturated carbocycles. The van der Waals surface area contributed by atoms with E-state index in [2.05, 4.69) is 48.8 Å². The lowest BCUT2D eigenvalue weighted by molar-refractivity contribution is 0.117. The first-order valence-corrected chi connectivity index (χ1v) is 7.21. The summed E-state index contributed by atoms with van der Waals surface area (Å²) in [5.41, 5.74) is 7.91. The maximum absolute atomic E-state index is 5.47. The number of hydrogen-bond acceptors (Lipinski definition) is 2. The van der Waals surface area contributed by atoms with E-state index in [1.165, 1.54) is 24.9 Å². The smallest absolute Gasteiger partial charge is 0.0555 e. The van der Waals surface area contributed by atoms with Gasteiger partial charge in [-0.3, -0.25) is 4.90 Å². The number of benzene rings is 1. The number of likely N-dealkylation sites (tertiary alicyclic amines) is 1. The summed E-state index contributed by atoms with van der Waals surface area (Å²) in [4.78, 5) is 2.58. The highest BCUT2D eigenvalue weighted by Gasteiger charge is 2.23. The Balaban J connectivity index is 2.13. The van der Waals surface area contributed by atoms with Gasteiger partial charge < -0.3 is 5.73 Å². The molecule has 2 N–H and O–H groups in total. The lowest BCUT2D eigenvalue weighted by Crippen LogP contribution is -2.40. The maximum atomic E-state index is 5.47. The van der Waals surface area contributed by atoms with Crippen LogP contribution >= 0.6 is 0 Å². The van der Waals surface area contributed by atoms with Crippen molar-refractivity contribution in [3.63, 3.8) is 0 Å². The standard InChI is InChI=1S/C17H24N2/c1-14-9-10-15(2)19(12-14)13-17-7-4-3-6-16(17)8-5-11-18/h3-4,6-7,14-15H,9-13,18H2,1-2H3.